The second-order valence-corrected chi connectivity index (χ2v) is 3.24. The van der Waals surface area contributed by atoms with Gasteiger partial charge in [-0.15, -0.1) is 0 Å². The average molecular weight is 221 g/mol. The van der Waals surface area contributed by atoms with Crippen LogP contribution in [0.4, 0.5) is 13.2 Å². The number of aryl methyl sites for hydroxylation is 1. The van der Waals surface area contributed by atoms with Crippen molar-refractivity contribution in [2.45, 2.75) is 13.3 Å². The maximum absolute atomic E-state index is 12.3. The maximum Gasteiger partial charge on any atom is 0.266 e. The summed E-state index contributed by atoms with van der Waals surface area (Å²) in [5, 5.41) is 0.350. The number of hydrogen-bond donors (Lipinski definition) is 0. The van der Waals surface area contributed by atoms with Crippen LogP contribution < -0.4 is 0 Å². The Morgan fingerprint density at radius 2 is 2.07 bits per heavy atom. The highest BCUT2D eigenvalue weighted by atomic mass is 35.5. The highest BCUT2D eigenvalue weighted by molar-refractivity contribution is 6.31. The Balaban J connectivity index is 3.13. The van der Waals surface area contributed by atoms with Crippen LogP contribution in [0.1, 0.15) is 11.1 Å². The molecule has 0 heterocycles. The molecule has 76 valence electrons. The molecule has 4 heteroatoms. The quantitative estimate of drug-likeness (QED) is 0.700. The zero-order valence-corrected chi connectivity index (χ0v) is 8.15. The second-order valence-electron chi connectivity index (χ2n) is 2.83. The minimum Gasteiger partial charge on any atom is -0.215 e. The van der Waals surface area contributed by atoms with Crippen LogP contribution in [0.3, 0.4) is 0 Å². The summed E-state index contributed by atoms with van der Waals surface area (Å²) in [6.07, 6.45) is -2.93. The molecule has 0 atom stereocenters. The summed E-state index contributed by atoms with van der Waals surface area (Å²) in [5.41, 5.74) is 0.230. The van der Waals surface area contributed by atoms with Gasteiger partial charge in [0, 0.05) is 5.02 Å². The average Bonchev–Trinajstić information content (AvgIpc) is 2.11. The van der Waals surface area contributed by atoms with Crippen LogP contribution in [-0.4, -0.2) is 6.43 Å². The molecule has 0 N–H and O–H groups in total. The number of halogens is 4. The first kappa shape index (κ1) is 11.1. The summed E-state index contributed by atoms with van der Waals surface area (Å²) in [4.78, 5) is 0. The first-order chi connectivity index (χ1) is 6.56. The fourth-order valence-corrected chi connectivity index (χ4v) is 1.19. The second kappa shape index (κ2) is 4.51. The van der Waals surface area contributed by atoms with Gasteiger partial charge in [0.05, 0.1) is 11.9 Å². The van der Waals surface area contributed by atoms with E-state index in [2.05, 4.69) is 0 Å². The summed E-state index contributed by atoms with van der Waals surface area (Å²) in [7, 11) is 0. The lowest BCUT2D eigenvalue weighted by Gasteiger charge is -2.06. The van der Waals surface area contributed by atoms with Gasteiger partial charge in [-0.05, 0) is 24.1 Å². The molecule has 0 aromatic heterocycles. The minimum absolute atomic E-state index is 0.0916. The fraction of sp³-hybridized carbons (Fsp3) is 0.200. The molecule has 0 saturated carbocycles. The van der Waals surface area contributed by atoms with Crippen molar-refractivity contribution in [1.29, 1.82) is 0 Å². The van der Waals surface area contributed by atoms with Crippen LogP contribution in [0.5, 0.6) is 0 Å². The monoisotopic (exact) mass is 220 g/mol. The van der Waals surface area contributed by atoms with Gasteiger partial charge < -0.3 is 0 Å². The molecule has 0 aliphatic heterocycles. The van der Waals surface area contributed by atoms with Crippen LogP contribution in [0.25, 0.3) is 5.57 Å². The van der Waals surface area contributed by atoms with Gasteiger partial charge >= 0.3 is 0 Å². The van der Waals surface area contributed by atoms with Gasteiger partial charge in [0.1, 0.15) is 0 Å². The van der Waals surface area contributed by atoms with Gasteiger partial charge in [-0.25, -0.2) is 13.2 Å². The first-order valence-electron chi connectivity index (χ1n) is 3.91. The molecule has 1 aromatic carbocycles. The van der Waals surface area contributed by atoms with Crippen molar-refractivity contribution >= 4 is 17.2 Å². The van der Waals surface area contributed by atoms with E-state index in [1.807, 2.05) is 0 Å². The summed E-state index contributed by atoms with van der Waals surface area (Å²) in [6, 6.07) is 4.32. The van der Waals surface area contributed by atoms with Crippen LogP contribution in [0, 0.1) is 6.92 Å². The molecule has 0 aliphatic rings. The predicted octanol–water partition coefficient (Wildman–Crippen LogP) is 4.22. The highest BCUT2D eigenvalue weighted by Crippen LogP contribution is 2.26. The van der Waals surface area contributed by atoms with Crippen molar-refractivity contribution in [1.82, 2.24) is 0 Å². The lowest BCUT2D eigenvalue weighted by atomic mass is 10.1. The van der Waals surface area contributed by atoms with Crippen molar-refractivity contribution in [3.63, 3.8) is 0 Å². The van der Waals surface area contributed by atoms with Gasteiger partial charge in [-0.3, -0.25) is 0 Å². The molecule has 0 fully saturated rings. The van der Waals surface area contributed by atoms with E-state index < -0.39 is 12.0 Å². The summed E-state index contributed by atoms with van der Waals surface area (Å²) < 4.78 is 36.7. The molecule has 14 heavy (non-hydrogen) atoms. The molecule has 0 amide bonds. The molecule has 0 radical (unpaired) electrons. The third-order valence-corrected chi connectivity index (χ3v) is 2.27. The molecule has 1 aromatic rings. The number of hydrogen-bond acceptors (Lipinski definition) is 0. The largest absolute Gasteiger partial charge is 0.266 e. The third-order valence-electron chi connectivity index (χ3n) is 1.86. The number of rotatable bonds is 2. The van der Waals surface area contributed by atoms with E-state index in [9.17, 15) is 13.2 Å². The first-order valence-corrected chi connectivity index (χ1v) is 4.29. The molecule has 0 unspecified atom stereocenters. The lowest BCUT2D eigenvalue weighted by molar-refractivity contribution is 0.214. The summed E-state index contributed by atoms with van der Waals surface area (Å²) >= 11 is 5.72. The SMILES string of the molecule is Cc1ccc(C(=CF)C(F)F)cc1Cl. The van der Waals surface area contributed by atoms with Crippen molar-refractivity contribution in [2.24, 2.45) is 0 Å². The molecule has 0 saturated heterocycles. The van der Waals surface area contributed by atoms with E-state index in [0.717, 1.165) is 5.56 Å². The topological polar surface area (TPSA) is 0 Å². The van der Waals surface area contributed by atoms with Crippen molar-refractivity contribution in [3.8, 4) is 0 Å². The highest BCUT2D eigenvalue weighted by Gasteiger charge is 2.14. The maximum atomic E-state index is 12.3. The third kappa shape index (κ3) is 2.29. The fourth-order valence-electron chi connectivity index (χ4n) is 1.01. The van der Waals surface area contributed by atoms with Crippen molar-refractivity contribution in [2.75, 3.05) is 0 Å². The molecule has 0 nitrogen and oxygen atoms in total. The van der Waals surface area contributed by atoms with Crippen LogP contribution >= 0.6 is 11.6 Å². The van der Waals surface area contributed by atoms with Gasteiger partial charge in [0.15, 0.2) is 0 Å². The van der Waals surface area contributed by atoms with Gasteiger partial charge in [0.2, 0.25) is 0 Å². The lowest BCUT2D eigenvalue weighted by Crippen LogP contribution is -1.95. The molecule has 0 spiro atoms. The Morgan fingerprint density at radius 1 is 1.43 bits per heavy atom. The molecule has 1 rings (SSSR count). The van der Waals surface area contributed by atoms with E-state index in [1.165, 1.54) is 12.1 Å². The predicted molar refractivity (Wildman–Crippen MR) is 51.3 cm³/mol. The van der Waals surface area contributed by atoms with E-state index >= 15 is 0 Å². The van der Waals surface area contributed by atoms with Gasteiger partial charge in [-0.1, -0.05) is 23.7 Å². The Hall–Kier alpha value is -0.960. The van der Waals surface area contributed by atoms with Crippen molar-refractivity contribution < 1.29 is 13.2 Å². The Bertz CT molecular complexity index is 358. The van der Waals surface area contributed by atoms with E-state index in [4.69, 9.17) is 11.6 Å². The summed E-state index contributed by atoms with van der Waals surface area (Å²) in [5.74, 6) is 0. The normalized spacial score (nSPS) is 12.3. The number of allylic oxidation sites excluding steroid dienone is 1. The number of alkyl halides is 2. The van der Waals surface area contributed by atoms with E-state index in [1.54, 1.807) is 13.0 Å². The summed E-state index contributed by atoms with van der Waals surface area (Å²) in [6.45, 7) is 1.74. The molecular formula is C10H8ClF3. The van der Waals surface area contributed by atoms with Gasteiger partial charge in [-0.2, -0.15) is 0 Å². The van der Waals surface area contributed by atoms with Crippen molar-refractivity contribution in [3.05, 3.63) is 40.7 Å². The molecule has 0 aliphatic carbocycles. The van der Waals surface area contributed by atoms with E-state index in [0.29, 0.717) is 5.02 Å². The molecular weight excluding hydrogens is 213 g/mol. The van der Waals surface area contributed by atoms with Crippen LogP contribution in [-0.2, 0) is 0 Å². The smallest absolute Gasteiger partial charge is 0.215 e. The standard InChI is InChI=1S/C10H8ClF3/c1-6-2-3-7(4-9(6)11)8(5-12)10(13)14/h2-5,10H,1H3. The van der Waals surface area contributed by atoms with Crippen LogP contribution in [0.2, 0.25) is 5.02 Å². The Labute approximate surface area is 85.0 Å². The zero-order chi connectivity index (χ0) is 10.7. The molecule has 0 bridgehead atoms. The van der Waals surface area contributed by atoms with E-state index in [-0.39, 0.29) is 11.9 Å². The Kier molecular flexibility index (Phi) is 3.58. The zero-order valence-electron chi connectivity index (χ0n) is 7.40. The minimum atomic E-state index is -2.83. The van der Waals surface area contributed by atoms with Crippen LogP contribution in [0.15, 0.2) is 24.5 Å². The Morgan fingerprint density at radius 3 is 2.50 bits per heavy atom. The number of benzene rings is 1. The van der Waals surface area contributed by atoms with Gasteiger partial charge in [0.25, 0.3) is 6.43 Å².